The van der Waals surface area contributed by atoms with Crippen molar-refractivity contribution in [2.75, 3.05) is 36.0 Å². The first-order valence-corrected chi connectivity index (χ1v) is 7.90. The van der Waals surface area contributed by atoms with Gasteiger partial charge in [-0.1, -0.05) is 6.07 Å². The van der Waals surface area contributed by atoms with E-state index in [-0.39, 0.29) is 18.5 Å². The van der Waals surface area contributed by atoms with Crippen LogP contribution in [0.3, 0.4) is 0 Å². The SMILES string of the molecule is NCCc1ccc(N2CCCSCC2)cc1C(F)(F)F. The minimum atomic E-state index is -4.32. The molecule has 20 heavy (non-hydrogen) atoms. The van der Waals surface area contributed by atoms with Gasteiger partial charge >= 0.3 is 6.18 Å². The van der Waals surface area contributed by atoms with E-state index in [2.05, 4.69) is 0 Å². The zero-order valence-electron chi connectivity index (χ0n) is 11.2. The Bertz CT molecular complexity index is 441. The first-order chi connectivity index (χ1) is 9.52. The molecule has 1 heterocycles. The van der Waals surface area contributed by atoms with Crippen LogP contribution in [-0.4, -0.2) is 31.1 Å². The Morgan fingerprint density at radius 3 is 2.70 bits per heavy atom. The summed E-state index contributed by atoms with van der Waals surface area (Å²) in [6, 6.07) is 4.64. The lowest BCUT2D eigenvalue weighted by molar-refractivity contribution is -0.138. The van der Waals surface area contributed by atoms with Crippen LogP contribution in [0.4, 0.5) is 18.9 Å². The summed E-state index contributed by atoms with van der Waals surface area (Å²) in [6.07, 6.45) is -3.05. The van der Waals surface area contributed by atoms with Gasteiger partial charge in [0.1, 0.15) is 0 Å². The first kappa shape index (κ1) is 15.5. The topological polar surface area (TPSA) is 29.3 Å². The van der Waals surface area contributed by atoms with Crippen LogP contribution in [0, 0.1) is 0 Å². The summed E-state index contributed by atoms with van der Waals surface area (Å²) in [5.41, 5.74) is 5.80. The molecule has 1 aliphatic rings. The Balaban J connectivity index is 2.30. The molecule has 1 fully saturated rings. The van der Waals surface area contributed by atoms with Crippen molar-refractivity contribution in [2.24, 2.45) is 5.73 Å². The Morgan fingerprint density at radius 1 is 1.20 bits per heavy atom. The van der Waals surface area contributed by atoms with Crippen LogP contribution in [0.1, 0.15) is 17.5 Å². The number of halogens is 3. The Hall–Kier alpha value is -0.880. The van der Waals surface area contributed by atoms with Gasteiger partial charge in [0.25, 0.3) is 0 Å². The summed E-state index contributed by atoms with van der Waals surface area (Å²) in [4.78, 5) is 2.04. The first-order valence-electron chi connectivity index (χ1n) is 6.75. The number of benzene rings is 1. The largest absolute Gasteiger partial charge is 0.416 e. The van der Waals surface area contributed by atoms with Gasteiger partial charge in [-0.2, -0.15) is 24.9 Å². The smallest absolute Gasteiger partial charge is 0.371 e. The van der Waals surface area contributed by atoms with Crippen molar-refractivity contribution in [1.82, 2.24) is 0 Å². The Kier molecular flexibility index (Phi) is 5.21. The molecule has 2 rings (SSSR count). The number of thioether (sulfide) groups is 1. The quantitative estimate of drug-likeness (QED) is 0.930. The molecule has 2 N–H and O–H groups in total. The van der Waals surface area contributed by atoms with Gasteiger partial charge in [0, 0.05) is 24.5 Å². The zero-order valence-corrected chi connectivity index (χ0v) is 12.1. The molecule has 0 saturated carbocycles. The summed E-state index contributed by atoms with van der Waals surface area (Å²) in [6.45, 7) is 1.85. The van der Waals surface area contributed by atoms with Crippen molar-refractivity contribution >= 4 is 17.4 Å². The minimum absolute atomic E-state index is 0.225. The summed E-state index contributed by atoms with van der Waals surface area (Å²) in [5, 5.41) is 0. The van der Waals surface area contributed by atoms with Crippen LogP contribution in [0.5, 0.6) is 0 Å². The summed E-state index contributed by atoms with van der Waals surface area (Å²) in [7, 11) is 0. The van der Waals surface area contributed by atoms with Gasteiger partial charge < -0.3 is 10.6 Å². The van der Waals surface area contributed by atoms with Crippen LogP contribution < -0.4 is 10.6 Å². The van der Waals surface area contributed by atoms with Crippen LogP contribution in [0.15, 0.2) is 18.2 Å². The van der Waals surface area contributed by atoms with Crippen molar-refractivity contribution in [3.63, 3.8) is 0 Å². The molecule has 0 aliphatic carbocycles. The molecule has 0 unspecified atom stereocenters. The van der Waals surface area contributed by atoms with Crippen molar-refractivity contribution in [1.29, 1.82) is 0 Å². The molecular formula is C14H19F3N2S. The van der Waals surface area contributed by atoms with E-state index < -0.39 is 11.7 Å². The fourth-order valence-corrected chi connectivity index (χ4v) is 3.29. The number of hydrogen-bond donors (Lipinski definition) is 1. The second-order valence-corrected chi connectivity index (χ2v) is 6.06. The molecule has 1 aromatic rings. The maximum Gasteiger partial charge on any atom is 0.416 e. The highest BCUT2D eigenvalue weighted by Gasteiger charge is 2.33. The maximum atomic E-state index is 13.1. The number of rotatable bonds is 3. The third-order valence-electron chi connectivity index (χ3n) is 3.40. The van der Waals surface area contributed by atoms with E-state index >= 15 is 0 Å². The molecule has 0 amide bonds. The fourth-order valence-electron chi connectivity index (χ4n) is 2.40. The lowest BCUT2D eigenvalue weighted by atomic mass is 10.0. The van der Waals surface area contributed by atoms with E-state index in [9.17, 15) is 13.2 Å². The van der Waals surface area contributed by atoms with Crippen LogP contribution in [-0.2, 0) is 12.6 Å². The van der Waals surface area contributed by atoms with Gasteiger partial charge in [-0.3, -0.25) is 0 Å². The molecular weight excluding hydrogens is 285 g/mol. The maximum absolute atomic E-state index is 13.1. The van der Waals surface area contributed by atoms with Crippen LogP contribution in [0.25, 0.3) is 0 Å². The van der Waals surface area contributed by atoms with Gasteiger partial charge in [0.15, 0.2) is 0 Å². The molecule has 0 spiro atoms. The van der Waals surface area contributed by atoms with Crippen molar-refractivity contribution in [3.05, 3.63) is 29.3 Å². The highest BCUT2D eigenvalue weighted by atomic mass is 32.2. The number of hydrogen-bond acceptors (Lipinski definition) is 3. The molecule has 0 bridgehead atoms. The van der Waals surface area contributed by atoms with Gasteiger partial charge in [0.2, 0.25) is 0 Å². The van der Waals surface area contributed by atoms with Crippen LogP contribution >= 0.6 is 11.8 Å². The third kappa shape index (κ3) is 3.82. The lowest BCUT2D eigenvalue weighted by Crippen LogP contribution is -2.26. The van der Waals surface area contributed by atoms with Crippen LogP contribution in [0.2, 0.25) is 0 Å². The number of anilines is 1. The van der Waals surface area contributed by atoms with E-state index in [1.807, 2.05) is 16.7 Å². The monoisotopic (exact) mass is 304 g/mol. The van der Waals surface area contributed by atoms with E-state index in [4.69, 9.17) is 5.73 Å². The predicted molar refractivity (Wildman–Crippen MR) is 78.4 cm³/mol. The molecule has 6 heteroatoms. The number of nitrogens with two attached hydrogens (primary N) is 1. The number of alkyl halides is 3. The highest BCUT2D eigenvalue weighted by Crippen LogP contribution is 2.35. The fraction of sp³-hybridized carbons (Fsp3) is 0.571. The van der Waals surface area contributed by atoms with E-state index in [0.717, 1.165) is 31.0 Å². The molecule has 0 atom stereocenters. The van der Waals surface area contributed by atoms with Gasteiger partial charge in [0.05, 0.1) is 5.56 Å². The predicted octanol–water partition coefficient (Wildman–Crippen LogP) is 3.15. The van der Waals surface area contributed by atoms with E-state index in [1.54, 1.807) is 12.1 Å². The van der Waals surface area contributed by atoms with E-state index in [1.165, 1.54) is 6.07 Å². The van der Waals surface area contributed by atoms with Crippen molar-refractivity contribution in [3.8, 4) is 0 Å². The molecule has 0 aromatic heterocycles. The minimum Gasteiger partial charge on any atom is -0.371 e. The third-order valence-corrected chi connectivity index (χ3v) is 4.45. The Morgan fingerprint density at radius 2 is 2.00 bits per heavy atom. The molecule has 112 valence electrons. The standard InChI is InChI=1S/C14H19F3N2S/c15-14(16,17)13-10-12(3-2-11(13)4-5-18)19-6-1-8-20-9-7-19/h2-3,10H,1,4-9,18H2. The molecule has 1 aliphatic heterocycles. The van der Waals surface area contributed by atoms with Crippen molar-refractivity contribution < 1.29 is 13.2 Å². The zero-order chi connectivity index (χ0) is 14.6. The molecule has 2 nitrogen and oxygen atoms in total. The summed E-state index contributed by atoms with van der Waals surface area (Å²) in [5.74, 6) is 2.04. The Labute approximate surface area is 121 Å². The normalized spacial score (nSPS) is 17.1. The second kappa shape index (κ2) is 6.72. The van der Waals surface area contributed by atoms with Gasteiger partial charge in [-0.05, 0) is 42.8 Å². The molecule has 0 radical (unpaired) electrons. The van der Waals surface area contributed by atoms with Crippen molar-refractivity contribution in [2.45, 2.75) is 19.0 Å². The molecule has 1 saturated heterocycles. The highest BCUT2D eigenvalue weighted by molar-refractivity contribution is 7.99. The molecule has 1 aromatic carbocycles. The summed E-state index contributed by atoms with van der Waals surface area (Å²) < 4.78 is 39.4. The number of nitrogens with zero attached hydrogens (tertiary/aromatic N) is 1. The van der Waals surface area contributed by atoms with Gasteiger partial charge in [-0.25, -0.2) is 0 Å². The summed E-state index contributed by atoms with van der Waals surface area (Å²) >= 11 is 1.85. The lowest BCUT2D eigenvalue weighted by Gasteiger charge is -2.24. The van der Waals surface area contributed by atoms with E-state index in [0.29, 0.717) is 5.69 Å². The van der Waals surface area contributed by atoms with Gasteiger partial charge in [-0.15, -0.1) is 0 Å². The average molecular weight is 304 g/mol. The average Bonchev–Trinajstić information content (AvgIpc) is 2.67. The second-order valence-electron chi connectivity index (χ2n) is 4.83.